The summed E-state index contributed by atoms with van der Waals surface area (Å²) in [6.45, 7) is 3.04. The minimum Gasteiger partial charge on any atom is -0.435 e. The lowest BCUT2D eigenvalue weighted by molar-refractivity contribution is -0.137. The summed E-state index contributed by atoms with van der Waals surface area (Å²) in [5.41, 5.74) is 0.685. The van der Waals surface area contributed by atoms with E-state index in [4.69, 9.17) is 5.10 Å². The van der Waals surface area contributed by atoms with Gasteiger partial charge in [-0.25, -0.2) is 0 Å². The molecule has 1 aliphatic rings. The van der Waals surface area contributed by atoms with Gasteiger partial charge >= 0.3 is 12.8 Å². The molecule has 0 unspecified atom stereocenters. The molecule has 1 fully saturated rings. The third-order valence-electron chi connectivity index (χ3n) is 6.21. The average molecular weight is 523 g/mol. The topological polar surface area (TPSA) is 68.2 Å². The van der Waals surface area contributed by atoms with Crippen LogP contribution in [0.2, 0.25) is 0 Å². The number of hydrogen-bond donors (Lipinski definition) is 2. The minimum absolute atomic E-state index is 0.0381. The maximum Gasteiger partial charge on any atom is 0.416 e. The van der Waals surface area contributed by atoms with E-state index in [0.29, 0.717) is 17.7 Å². The van der Waals surface area contributed by atoms with Crippen molar-refractivity contribution in [2.45, 2.75) is 63.5 Å². The van der Waals surface area contributed by atoms with Crippen LogP contribution < -0.4 is 15.4 Å². The number of carbonyl (C=O) groups is 1. The van der Waals surface area contributed by atoms with Gasteiger partial charge in [0.2, 0.25) is 5.91 Å². The van der Waals surface area contributed by atoms with Gasteiger partial charge in [0.05, 0.1) is 22.8 Å². The van der Waals surface area contributed by atoms with E-state index in [0.717, 1.165) is 17.8 Å². The first-order valence-electron chi connectivity index (χ1n) is 11.7. The van der Waals surface area contributed by atoms with Crippen molar-refractivity contribution in [1.29, 1.82) is 0 Å². The third kappa shape index (κ3) is 6.27. The van der Waals surface area contributed by atoms with Gasteiger partial charge in [-0.15, -0.1) is 0 Å². The Balaban J connectivity index is 1.56. The van der Waals surface area contributed by atoms with Crippen LogP contribution in [0.4, 0.5) is 27.6 Å². The molecule has 2 heterocycles. The van der Waals surface area contributed by atoms with Gasteiger partial charge in [-0.2, -0.15) is 27.1 Å². The predicted molar refractivity (Wildman–Crippen MR) is 127 cm³/mol. The molecule has 1 aliphatic heterocycles. The van der Waals surface area contributed by atoms with Crippen molar-refractivity contribution < 1.29 is 31.5 Å². The SMILES string of the molecule is CC(C)(C)n1ccc([C@H]2C[C@@H](C(=O)Nc3ccc(OC(F)F)cc3)N[C@H]2c2ccc(C(F)(F)F)cc2)n1. The number of halogens is 5. The van der Waals surface area contributed by atoms with Gasteiger partial charge in [0, 0.05) is 23.8 Å². The highest BCUT2D eigenvalue weighted by atomic mass is 19.4. The fourth-order valence-electron chi connectivity index (χ4n) is 4.33. The Morgan fingerprint density at radius 3 is 2.24 bits per heavy atom. The number of alkyl halides is 5. The first-order valence-corrected chi connectivity index (χ1v) is 11.7. The minimum atomic E-state index is -4.45. The van der Waals surface area contributed by atoms with Crippen molar-refractivity contribution in [3.8, 4) is 5.75 Å². The number of nitrogens with one attached hydrogen (secondary N) is 2. The van der Waals surface area contributed by atoms with Crippen molar-refractivity contribution in [2.24, 2.45) is 0 Å². The zero-order valence-electron chi connectivity index (χ0n) is 20.4. The van der Waals surface area contributed by atoms with Gasteiger partial charge in [0.1, 0.15) is 5.75 Å². The molecule has 0 radical (unpaired) electrons. The lowest BCUT2D eigenvalue weighted by atomic mass is 9.90. The van der Waals surface area contributed by atoms with E-state index in [2.05, 4.69) is 15.4 Å². The fraction of sp³-hybridized carbons (Fsp3) is 0.385. The van der Waals surface area contributed by atoms with Gasteiger partial charge in [0.25, 0.3) is 0 Å². The first-order chi connectivity index (χ1) is 17.3. The van der Waals surface area contributed by atoms with Crippen LogP contribution in [0, 0.1) is 0 Å². The molecular weight excluding hydrogens is 495 g/mol. The molecular formula is C26H27F5N4O2. The number of amides is 1. The molecule has 0 aliphatic carbocycles. The monoisotopic (exact) mass is 522 g/mol. The van der Waals surface area contributed by atoms with E-state index in [-0.39, 0.29) is 23.1 Å². The summed E-state index contributed by atoms with van der Waals surface area (Å²) in [5.74, 6) is -0.682. The van der Waals surface area contributed by atoms with Gasteiger partial charge in [-0.3, -0.25) is 14.8 Å². The maximum absolute atomic E-state index is 13.1. The summed E-state index contributed by atoms with van der Waals surface area (Å²) < 4.78 is 70.1. The normalized spacial score (nSPS) is 20.3. The van der Waals surface area contributed by atoms with E-state index >= 15 is 0 Å². The van der Waals surface area contributed by atoms with Crippen LogP contribution in [-0.2, 0) is 16.5 Å². The molecule has 2 aromatic carbocycles. The Morgan fingerprint density at radius 2 is 1.70 bits per heavy atom. The molecule has 198 valence electrons. The molecule has 1 amide bonds. The smallest absolute Gasteiger partial charge is 0.416 e. The number of aromatic nitrogens is 2. The van der Waals surface area contributed by atoms with Crippen LogP contribution in [0.5, 0.6) is 5.75 Å². The Morgan fingerprint density at radius 1 is 1.05 bits per heavy atom. The summed E-state index contributed by atoms with van der Waals surface area (Å²) in [6, 6.07) is 11.1. The van der Waals surface area contributed by atoms with Gasteiger partial charge < -0.3 is 10.1 Å². The number of hydrogen-bond acceptors (Lipinski definition) is 4. The van der Waals surface area contributed by atoms with Crippen molar-refractivity contribution in [3.63, 3.8) is 0 Å². The van der Waals surface area contributed by atoms with E-state index in [1.807, 2.05) is 37.7 Å². The zero-order valence-corrected chi connectivity index (χ0v) is 20.4. The molecule has 2 N–H and O–H groups in total. The van der Waals surface area contributed by atoms with Crippen LogP contribution in [0.1, 0.15) is 56.0 Å². The summed E-state index contributed by atoms with van der Waals surface area (Å²) in [4.78, 5) is 13.1. The van der Waals surface area contributed by atoms with Crippen LogP contribution in [-0.4, -0.2) is 28.3 Å². The Bertz CT molecular complexity index is 1220. The van der Waals surface area contributed by atoms with Gasteiger partial charge in [-0.1, -0.05) is 12.1 Å². The summed E-state index contributed by atoms with van der Waals surface area (Å²) >= 11 is 0. The Hall–Kier alpha value is -3.47. The zero-order chi connectivity index (χ0) is 27.0. The van der Waals surface area contributed by atoms with Gasteiger partial charge in [-0.05, 0) is 75.2 Å². The van der Waals surface area contributed by atoms with E-state index in [1.165, 1.54) is 36.4 Å². The Labute approximate surface area is 210 Å². The number of carbonyl (C=O) groups excluding carboxylic acids is 1. The molecule has 1 saturated heterocycles. The Kier molecular flexibility index (Phi) is 7.27. The lowest BCUT2D eigenvalue weighted by Crippen LogP contribution is -2.36. The molecule has 4 rings (SSSR count). The number of rotatable bonds is 6. The highest BCUT2D eigenvalue weighted by Crippen LogP contribution is 2.41. The maximum atomic E-state index is 13.1. The fourth-order valence-corrected chi connectivity index (χ4v) is 4.33. The first kappa shape index (κ1) is 26.6. The van der Waals surface area contributed by atoms with Crippen molar-refractivity contribution in [3.05, 3.63) is 77.6 Å². The summed E-state index contributed by atoms with van der Waals surface area (Å²) in [7, 11) is 0. The highest BCUT2D eigenvalue weighted by molar-refractivity contribution is 5.95. The quantitative estimate of drug-likeness (QED) is 0.385. The molecule has 11 heteroatoms. The molecule has 0 bridgehead atoms. The largest absolute Gasteiger partial charge is 0.435 e. The number of nitrogens with zero attached hydrogens (tertiary/aromatic N) is 2. The molecule has 6 nitrogen and oxygen atoms in total. The van der Waals surface area contributed by atoms with Crippen molar-refractivity contribution in [2.75, 3.05) is 5.32 Å². The van der Waals surface area contributed by atoms with Crippen LogP contribution in [0.3, 0.4) is 0 Å². The van der Waals surface area contributed by atoms with Gasteiger partial charge in [0.15, 0.2) is 0 Å². The van der Waals surface area contributed by atoms with E-state index in [1.54, 1.807) is 0 Å². The predicted octanol–water partition coefficient (Wildman–Crippen LogP) is 6.08. The van der Waals surface area contributed by atoms with Crippen LogP contribution in [0.15, 0.2) is 60.8 Å². The molecule has 0 saturated carbocycles. The van der Waals surface area contributed by atoms with E-state index < -0.39 is 30.4 Å². The van der Waals surface area contributed by atoms with Crippen molar-refractivity contribution in [1.82, 2.24) is 15.1 Å². The number of anilines is 1. The molecule has 3 atom stereocenters. The molecule has 3 aromatic rings. The lowest BCUT2D eigenvalue weighted by Gasteiger charge is -2.21. The third-order valence-corrected chi connectivity index (χ3v) is 6.21. The highest BCUT2D eigenvalue weighted by Gasteiger charge is 2.41. The van der Waals surface area contributed by atoms with Crippen LogP contribution in [0.25, 0.3) is 0 Å². The molecule has 1 aromatic heterocycles. The van der Waals surface area contributed by atoms with Crippen molar-refractivity contribution >= 4 is 11.6 Å². The van der Waals surface area contributed by atoms with E-state index in [9.17, 15) is 26.7 Å². The number of ether oxygens (including phenoxy) is 1. The number of benzene rings is 2. The second-order valence-electron chi connectivity index (χ2n) is 9.91. The van der Waals surface area contributed by atoms with Crippen LogP contribution >= 0.6 is 0 Å². The second-order valence-corrected chi connectivity index (χ2v) is 9.91. The summed E-state index contributed by atoms with van der Waals surface area (Å²) in [6.07, 6.45) is -2.26. The average Bonchev–Trinajstić information content (AvgIpc) is 3.47. The summed E-state index contributed by atoms with van der Waals surface area (Å²) in [5, 5.41) is 10.7. The second kappa shape index (κ2) is 10.1. The molecule has 0 spiro atoms. The standard InChI is InChI=1S/C26H27F5N4O2/c1-25(2,3)35-13-12-20(34-35)19-14-21(23(36)32-17-8-10-18(11-9-17)37-24(27)28)33-22(19)15-4-6-16(7-5-15)26(29,30)31/h4-13,19,21-22,24,33H,14H2,1-3H3,(H,32,36)/t19-,21+,22+/m1/s1. The molecule has 37 heavy (non-hydrogen) atoms.